The lowest BCUT2D eigenvalue weighted by molar-refractivity contribution is -0.126. The number of hydrogen-bond donors (Lipinski definition) is 3. The van der Waals surface area contributed by atoms with E-state index in [1.54, 1.807) is 13.0 Å². The summed E-state index contributed by atoms with van der Waals surface area (Å²) in [6.45, 7) is 3.84. The molecular weight excluding hydrogens is 268 g/mol. The highest BCUT2D eigenvalue weighted by atomic mass is 16.3. The monoisotopic (exact) mass is 290 g/mol. The van der Waals surface area contributed by atoms with E-state index in [9.17, 15) is 9.59 Å². The summed E-state index contributed by atoms with van der Waals surface area (Å²) in [5, 5.41) is 14.1. The average Bonchev–Trinajstić information content (AvgIpc) is 2.51. The molecule has 1 aromatic carbocycles. The fourth-order valence-electron chi connectivity index (χ4n) is 1.56. The summed E-state index contributed by atoms with van der Waals surface area (Å²) in [6.07, 6.45) is 3.09. The molecule has 0 saturated heterocycles. The predicted molar refractivity (Wildman–Crippen MR) is 82.3 cm³/mol. The Bertz CT molecular complexity index is 486. The summed E-state index contributed by atoms with van der Waals surface area (Å²) < 4.78 is 0. The van der Waals surface area contributed by atoms with Gasteiger partial charge in [-0.3, -0.25) is 9.59 Å². The first kappa shape index (κ1) is 16.9. The molecule has 5 nitrogen and oxygen atoms in total. The zero-order valence-electron chi connectivity index (χ0n) is 12.4. The van der Waals surface area contributed by atoms with Gasteiger partial charge in [0.05, 0.1) is 0 Å². The van der Waals surface area contributed by atoms with Crippen molar-refractivity contribution < 1.29 is 14.7 Å². The Hall–Kier alpha value is -2.14. The lowest BCUT2D eigenvalue weighted by Gasteiger charge is -2.15. The SMILES string of the molecule is CC(CO)CNC(=O)C(C)NC(=O)/C=C/c1ccccc1. The van der Waals surface area contributed by atoms with E-state index >= 15 is 0 Å². The Balaban J connectivity index is 2.39. The topological polar surface area (TPSA) is 78.4 Å². The van der Waals surface area contributed by atoms with Crippen LogP contribution in [0.4, 0.5) is 0 Å². The molecule has 0 saturated carbocycles. The number of aliphatic hydroxyl groups excluding tert-OH is 1. The van der Waals surface area contributed by atoms with E-state index in [4.69, 9.17) is 5.11 Å². The number of rotatable bonds is 7. The summed E-state index contributed by atoms with van der Waals surface area (Å²) in [6, 6.07) is 8.82. The molecule has 1 rings (SSSR count). The molecule has 0 aromatic heterocycles. The maximum Gasteiger partial charge on any atom is 0.244 e. The molecule has 21 heavy (non-hydrogen) atoms. The zero-order chi connectivity index (χ0) is 15.7. The Morgan fingerprint density at radius 1 is 1.24 bits per heavy atom. The van der Waals surface area contributed by atoms with Crippen LogP contribution in [0, 0.1) is 5.92 Å². The largest absolute Gasteiger partial charge is 0.396 e. The molecular formula is C16H22N2O3. The molecule has 0 aliphatic rings. The van der Waals surface area contributed by atoms with E-state index in [1.165, 1.54) is 6.08 Å². The number of carbonyl (C=O) groups excluding carboxylic acids is 2. The van der Waals surface area contributed by atoms with Gasteiger partial charge >= 0.3 is 0 Å². The third-order valence-electron chi connectivity index (χ3n) is 2.92. The lowest BCUT2D eigenvalue weighted by Crippen LogP contribution is -2.45. The molecule has 0 aliphatic carbocycles. The first-order valence-corrected chi connectivity index (χ1v) is 6.95. The number of hydrogen-bond acceptors (Lipinski definition) is 3. The summed E-state index contributed by atoms with van der Waals surface area (Å²) in [5.41, 5.74) is 0.918. The first-order chi connectivity index (χ1) is 10.0. The van der Waals surface area contributed by atoms with Crippen LogP contribution in [0.1, 0.15) is 19.4 Å². The van der Waals surface area contributed by atoms with Crippen LogP contribution in [-0.2, 0) is 9.59 Å². The normalized spacial score (nSPS) is 13.7. The van der Waals surface area contributed by atoms with Gasteiger partial charge < -0.3 is 15.7 Å². The van der Waals surface area contributed by atoms with E-state index in [0.29, 0.717) is 6.54 Å². The van der Waals surface area contributed by atoms with Crippen LogP contribution in [0.25, 0.3) is 6.08 Å². The fourth-order valence-corrected chi connectivity index (χ4v) is 1.56. The third-order valence-corrected chi connectivity index (χ3v) is 2.92. The number of carbonyl (C=O) groups is 2. The smallest absolute Gasteiger partial charge is 0.244 e. The second kappa shape index (κ2) is 8.92. The van der Waals surface area contributed by atoms with Crippen LogP contribution >= 0.6 is 0 Å². The van der Waals surface area contributed by atoms with Crippen LogP contribution in [0.5, 0.6) is 0 Å². The lowest BCUT2D eigenvalue weighted by atomic mass is 10.2. The quantitative estimate of drug-likeness (QED) is 0.654. The molecule has 2 unspecified atom stereocenters. The minimum Gasteiger partial charge on any atom is -0.396 e. The number of amides is 2. The summed E-state index contributed by atoms with van der Waals surface area (Å²) in [4.78, 5) is 23.4. The molecule has 0 radical (unpaired) electrons. The van der Waals surface area contributed by atoms with Crippen LogP contribution in [0.15, 0.2) is 36.4 Å². The molecule has 0 bridgehead atoms. The molecule has 2 amide bonds. The van der Waals surface area contributed by atoms with Gasteiger partial charge in [-0.15, -0.1) is 0 Å². The molecule has 0 heterocycles. The average molecular weight is 290 g/mol. The Labute approximate surface area is 125 Å². The molecule has 0 aliphatic heterocycles. The van der Waals surface area contributed by atoms with Crippen molar-refractivity contribution in [2.45, 2.75) is 19.9 Å². The van der Waals surface area contributed by atoms with Gasteiger partial charge in [0, 0.05) is 19.2 Å². The fraction of sp³-hybridized carbons (Fsp3) is 0.375. The predicted octanol–water partition coefficient (Wildman–Crippen LogP) is 0.949. The second-order valence-electron chi connectivity index (χ2n) is 5.01. The van der Waals surface area contributed by atoms with Crippen molar-refractivity contribution in [3.05, 3.63) is 42.0 Å². The van der Waals surface area contributed by atoms with Crippen molar-refractivity contribution in [1.82, 2.24) is 10.6 Å². The Morgan fingerprint density at radius 2 is 1.90 bits per heavy atom. The zero-order valence-corrected chi connectivity index (χ0v) is 12.4. The van der Waals surface area contributed by atoms with Crippen molar-refractivity contribution in [3.8, 4) is 0 Å². The van der Waals surface area contributed by atoms with Gasteiger partial charge in [0.1, 0.15) is 6.04 Å². The summed E-state index contributed by atoms with van der Waals surface area (Å²) >= 11 is 0. The van der Waals surface area contributed by atoms with E-state index < -0.39 is 6.04 Å². The highest BCUT2D eigenvalue weighted by Crippen LogP contribution is 2.00. The van der Waals surface area contributed by atoms with Crippen molar-refractivity contribution in [2.75, 3.05) is 13.2 Å². The number of aliphatic hydroxyl groups is 1. The van der Waals surface area contributed by atoms with Gasteiger partial charge in [-0.1, -0.05) is 37.3 Å². The minimum atomic E-state index is -0.621. The first-order valence-electron chi connectivity index (χ1n) is 6.95. The minimum absolute atomic E-state index is 0.00479. The Kier molecular flexibility index (Phi) is 7.18. The van der Waals surface area contributed by atoms with Gasteiger partial charge in [-0.05, 0) is 24.5 Å². The van der Waals surface area contributed by atoms with Crippen molar-refractivity contribution in [2.24, 2.45) is 5.92 Å². The molecule has 3 N–H and O–H groups in total. The van der Waals surface area contributed by atoms with Gasteiger partial charge in [-0.25, -0.2) is 0 Å². The van der Waals surface area contributed by atoms with Gasteiger partial charge in [0.2, 0.25) is 11.8 Å². The van der Waals surface area contributed by atoms with E-state index in [2.05, 4.69) is 10.6 Å². The van der Waals surface area contributed by atoms with Gasteiger partial charge in [0.25, 0.3) is 0 Å². The van der Waals surface area contributed by atoms with Gasteiger partial charge in [0.15, 0.2) is 0 Å². The number of benzene rings is 1. The highest BCUT2D eigenvalue weighted by Gasteiger charge is 2.14. The van der Waals surface area contributed by atoms with E-state index in [0.717, 1.165) is 5.56 Å². The van der Waals surface area contributed by atoms with Crippen LogP contribution < -0.4 is 10.6 Å². The maximum atomic E-state index is 11.7. The number of nitrogens with one attached hydrogen (secondary N) is 2. The second-order valence-corrected chi connectivity index (χ2v) is 5.01. The molecule has 2 atom stereocenters. The van der Waals surface area contributed by atoms with Crippen molar-refractivity contribution >= 4 is 17.9 Å². The van der Waals surface area contributed by atoms with Crippen LogP contribution in [0.2, 0.25) is 0 Å². The Morgan fingerprint density at radius 3 is 2.52 bits per heavy atom. The molecule has 5 heteroatoms. The van der Waals surface area contributed by atoms with Gasteiger partial charge in [-0.2, -0.15) is 0 Å². The van der Waals surface area contributed by atoms with Crippen LogP contribution in [-0.4, -0.2) is 36.1 Å². The molecule has 0 spiro atoms. The molecule has 0 fully saturated rings. The van der Waals surface area contributed by atoms with Crippen molar-refractivity contribution in [1.29, 1.82) is 0 Å². The van der Waals surface area contributed by atoms with Crippen LogP contribution in [0.3, 0.4) is 0 Å². The molecule has 114 valence electrons. The highest BCUT2D eigenvalue weighted by molar-refractivity contribution is 5.95. The maximum absolute atomic E-state index is 11.7. The van der Waals surface area contributed by atoms with E-state index in [-0.39, 0.29) is 24.3 Å². The summed E-state index contributed by atoms with van der Waals surface area (Å²) in [5.74, 6) is -0.594. The van der Waals surface area contributed by atoms with Crippen molar-refractivity contribution in [3.63, 3.8) is 0 Å². The molecule has 1 aromatic rings. The summed E-state index contributed by atoms with van der Waals surface area (Å²) in [7, 11) is 0. The third kappa shape index (κ3) is 6.72. The van der Waals surface area contributed by atoms with E-state index in [1.807, 2.05) is 37.3 Å². The standard InChI is InChI=1S/C16H22N2O3/c1-12(11-19)10-17-16(21)13(2)18-15(20)9-8-14-6-4-3-5-7-14/h3-9,12-13,19H,10-11H2,1-2H3,(H,17,21)(H,18,20)/b9-8+.